The van der Waals surface area contributed by atoms with Crippen molar-refractivity contribution in [2.45, 2.75) is 6.92 Å². The van der Waals surface area contributed by atoms with E-state index in [1.807, 2.05) is 31.2 Å². The van der Waals surface area contributed by atoms with Gasteiger partial charge in [0.15, 0.2) is 0 Å². The van der Waals surface area contributed by atoms with Crippen molar-refractivity contribution in [2.24, 2.45) is 0 Å². The molecule has 1 saturated heterocycles. The molecule has 0 bridgehead atoms. The number of ether oxygens (including phenoxy) is 3. The Bertz CT molecular complexity index is 702. The molecule has 7 nitrogen and oxygen atoms in total. The second-order valence-corrected chi connectivity index (χ2v) is 5.49. The van der Waals surface area contributed by atoms with Gasteiger partial charge in [-0.15, -0.1) is 0 Å². The molecule has 0 radical (unpaired) electrons. The zero-order chi connectivity index (χ0) is 16.9. The Morgan fingerprint density at radius 2 is 1.88 bits per heavy atom. The van der Waals surface area contributed by atoms with Gasteiger partial charge in [0, 0.05) is 30.9 Å². The predicted octanol–water partition coefficient (Wildman–Crippen LogP) is 2.38. The monoisotopic (exact) mass is 330 g/mol. The second-order valence-electron chi connectivity index (χ2n) is 5.49. The number of nitrogens with zero attached hydrogens (tertiary/aromatic N) is 3. The van der Waals surface area contributed by atoms with E-state index in [0.717, 1.165) is 36.0 Å². The number of aromatic nitrogens is 2. The Hall–Kier alpha value is -2.54. The van der Waals surface area contributed by atoms with E-state index in [1.165, 1.54) is 0 Å². The fourth-order valence-corrected chi connectivity index (χ4v) is 2.56. The number of hydrogen-bond donors (Lipinski definition) is 1. The van der Waals surface area contributed by atoms with Crippen molar-refractivity contribution in [1.82, 2.24) is 9.97 Å². The summed E-state index contributed by atoms with van der Waals surface area (Å²) in [6.07, 6.45) is 0. The van der Waals surface area contributed by atoms with Gasteiger partial charge in [-0.05, 0) is 19.1 Å². The Balaban J connectivity index is 1.86. The third kappa shape index (κ3) is 3.68. The summed E-state index contributed by atoms with van der Waals surface area (Å²) in [6, 6.07) is 7.53. The third-order valence-corrected chi connectivity index (χ3v) is 3.81. The lowest BCUT2D eigenvalue weighted by Crippen LogP contribution is -2.37. The molecule has 1 aliphatic heterocycles. The predicted molar refractivity (Wildman–Crippen MR) is 92.6 cm³/mol. The Morgan fingerprint density at radius 3 is 2.58 bits per heavy atom. The first-order valence-electron chi connectivity index (χ1n) is 7.87. The molecule has 2 heterocycles. The molecule has 3 rings (SSSR count). The third-order valence-electron chi connectivity index (χ3n) is 3.81. The summed E-state index contributed by atoms with van der Waals surface area (Å²) in [4.78, 5) is 11.3. The lowest BCUT2D eigenvalue weighted by atomic mass is 10.2. The van der Waals surface area contributed by atoms with Gasteiger partial charge in [-0.1, -0.05) is 0 Å². The molecule has 0 unspecified atom stereocenters. The maximum Gasteiger partial charge on any atom is 0.227 e. The molecule has 0 spiro atoms. The van der Waals surface area contributed by atoms with Gasteiger partial charge in [0.1, 0.15) is 17.3 Å². The number of anilines is 3. The topological polar surface area (TPSA) is 68.7 Å². The van der Waals surface area contributed by atoms with Gasteiger partial charge in [-0.3, -0.25) is 0 Å². The molecular formula is C17H22N4O3. The molecular weight excluding hydrogens is 308 g/mol. The molecule has 1 N–H and O–H groups in total. The van der Waals surface area contributed by atoms with Crippen LogP contribution in [-0.2, 0) is 4.74 Å². The fourth-order valence-electron chi connectivity index (χ4n) is 2.56. The molecule has 24 heavy (non-hydrogen) atoms. The Morgan fingerprint density at radius 1 is 1.08 bits per heavy atom. The van der Waals surface area contributed by atoms with Crippen LogP contribution in [0.25, 0.3) is 0 Å². The number of morpholine rings is 1. The standard InChI is InChI=1S/C17H22N4O3/c1-12-10-16(20-17(18-12)21-6-8-24-9-7-21)19-14-5-4-13(22-2)11-15(14)23-3/h4-5,10-11H,6-9H2,1-3H3,(H,18,19,20). The number of aryl methyl sites for hydroxylation is 1. The van der Waals surface area contributed by atoms with Crippen LogP contribution in [0.2, 0.25) is 0 Å². The normalized spacial score (nSPS) is 14.4. The van der Waals surface area contributed by atoms with Crippen LogP contribution >= 0.6 is 0 Å². The molecule has 0 aliphatic carbocycles. The average molecular weight is 330 g/mol. The van der Waals surface area contributed by atoms with Crippen molar-refractivity contribution in [3.63, 3.8) is 0 Å². The van der Waals surface area contributed by atoms with E-state index in [2.05, 4.69) is 20.2 Å². The Labute approximate surface area is 141 Å². The molecule has 128 valence electrons. The number of nitrogens with one attached hydrogen (secondary N) is 1. The summed E-state index contributed by atoms with van der Waals surface area (Å²) in [5.41, 5.74) is 1.73. The van der Waals surface area contributed by atoms with E-state index >= 15 is 0 Å². The van der Waals surface area contributed by atoms with Gasteiger partial charge < -0.3 is 24.4 Å². The molecule has 1 aromatic heterocycles. The largest absolute Gasteiger partial charge is 0.497 e. The molecule has 7 heteroatoms. The van der Waals surface area contributed by atoms with Crippen molar-refractivity contribution < 1.29 is 14.2 Å². The number of benzene rings is 1. The van der Waals surface area contributed by atoms with Crippen LogP contribution in [0.4, 0.5) is 17.5 Å². The molecule has 0 amide bonds. The number of methoxy groups -OCH3 is 2. The molecule has 2 aromatic rings. The lowest BCUT2D eigenvalue weighted by molar-refractivity contribution is 0.122. The first-order valence-corrected chi connectivity index (χ1v) is 7.87. The van der Waals surface area contributed by atoms with Crippen LogP contribution in [0.5, 0.6) is 11.5 Å². The van der Waals surface area contributed by atoms with Crippen LogP contribution in [0.1, 0.15) is 5.69 Å². The highest BCUT2D eigenvalue weighted by molar-refractivity contribution is 5.66. The zero-order valence-corrected chi connectivity index (χ0v) is 14.2. The minimum absolute atomic E-state index is 0.693. The van der Waals surface area contributed by atoms with Crippen LogP contribution in [0, 0.1) is 6.92 Å². The van der Waals surface area contributed by atoms with Crippen LogP contribution in [0.15, 0.2) is 24.3 Å². The zero-order valence-electron chi connectivity index (χ0n) is 14.2. The first-order chi connectivity index (χ1) is 11.7. The highest BCUT2D eigenvalue weighted by atomic mass is 16.5. The summed E-state index contributed by atoms with van der Waals surface area (Å²) in [5, 5.41) is 3.31. The van der Waals surface area contributed by atoms with Gasteiger partial charge in [0.25, 0.3) is 0 Å². The van der Waals surface area contributed by atoms with Crippen LogP contribution < -0.4 is 19.7 Å². The quantitative estimate of drug-likeness (QED) is 0.902. The highest BCUT2D eigenvalue weighted by Gasteiger charge is 2.15. The smallest absolute Gasteiger partial charge is 0.227 e. The minimum atomic E-state index is 0.693. The molecule has 0 atom stereocenters. The van der Waals surface area contributed by atoms with Crippen molar-refractivity contribution in [3.05, 3.63) is 30.0 Å². The number of hydrogen-bond acceptors (Lipinski definition) is 7. The Kier molecular flexibility index (Phi) is 5.00. The van der Waals surface area contributed by atoms with Gasteiger partial charge in [0.2, 0.25) is 5.95 Å². The van der Waals surface area contributed by atoms with Gasteiger partial charge >= 0.3 is 0 Å². The van der Waals surface area contributed by atoms with Crippen molar-refractivity contribution in [3.8, 4) is 11.5 Å². The average Bonchev–Trinajstić information content (AvgIpc) is 2.62. The van der Waals surface area contributed by atoms with E-state index < -0.39 is 0 Å². The number of rotatable bonds is 5. The lowest BCUT2D eigenvalue weighted by Gasteiger charge is -2.27. The molecule has 1 fully saturated rings. The minimum Gasteiger partial charge on any atom is -0.497 e. The van der Waals surface area contributed by atoms with Crippen molar-refractivity contribution in [1.29, 1.82) is 0 Å². The van der Waals surface area contributed by atoms with E-state index in [-0.39, 0.29) is 0 Å². The first kappa shape index (κ1) is 16.3. The summed E-state index contributed by atoms with van der Waals surface area (Å²) >= 11 is 0. The van der Waals surface area contributed by atoms with E-state index in [1.54, 1.807) is 14.2 Å². The summed E-state index contributed by atoms with van der Waals surface area (Å²) in [5.74, 6) is 2.88. The molecule has 1 aromatic carbocycles. The van der Waals surface area contributed by atoms with Gasteiger partial charge in [-0.25, -0.2) is 4.98 Å². The highest BCUT2D eigenvalue weighted by Crippen LogP contribution is 2.31. The van der Waals surface area contributed by atoms with Crippen LogP contribution in [-0.4, -0.2) is 50.5 Å². The summed E-state index contributed by atoms with van der Waals surface area (Å²) in [7, 11) is 3.26. The van der Waals surface area contributed by atoms with Crippen molar-refractivity contribution >= 4 is 17.5 Å². The maximum absolute atomic E-state index is 5.42. The van der Waals surface area contributed by atoms with Gasteiger partial charge in [-0.2, -0.15) is 4.98 Å². The SMILES string of the molecule is COc1ccc(Nc2cc(C)nc(N3CCOCC3)n2)c(OC)c1. The van der Waals surface area contributed by atoms with E-state index in [4.69, 9.17) is 14.2 Å². The summed E-state index contributed by atoms with van der Waals surface area (Å²) in [6.45, 7) is 4.96. The fraction of sp³-hybridized carbons (Fsp3) is 0.412. The van der Waals surface area contributed by atoms with E-state index in [9.17, 15) is 0 Å². The summed E-state index contributed by atoms with van der Waals surface area (Å²) < 4.78 is 16.0. The van der Waals surface area contributed by atoms with Gasteiger partial charge in [0.05, 0.1) is 33.1 Å². The van der Waals surface area contributed by atoms with E-state index in [0.29, 0.717) is 24.9 Å². The molecule has 1 aliphatic rings. The second kappa shape index (κ2) is 7.35. The maximum atomic E-state index is 5.42. The molecule has 0 saturated carbocycles. The van der Waals surface area contributed by atoms with Crippen molar-refractivity contribution in [2.75, 3.05) is 50.7 Å². The van der Waals surface area contributed by atoms with Crippen LogP contribution in [0.3, 0.4) is 0 Å².